The number of anilines is 2. The highest BCUT2D eigenvalue weighted by atomic mass is 32.1. The molecule has 0 aliphatic rings. The molecular weight excluding hydrogens is 298 g/mol. The van der Waals surface area contributed by atoms with E-state index in [-0.39, 0.29) is 17.7 Å². The van der Waals surface area contributed by atoms with Crippen LogP contribution >= 0.6 is 11.3 Å². The van der Waals surface area contributed by atoms with Crippen molar-refractivity contribution in [2.24, 2.45) is 5.92 Å². The smallest absolute Gasteiger partial charge is 0.228 e. The molecule has 0 spiro atoms. The van der Waals surface area contributed by atoms with Crippen molar-refractivity contribution in [3.05, 3.63) is 18.2 Å². The van der Waals surface area contributed by atoms with Gasteiger partial charge in [-0.25, -0.2) is 4.98 Å². The first kappa shape index (κ1) is 16.4. The van der Waals surface area contributed by atoms with Gasteiger partial charge >= 0.3 is 0 Å². The highest BCUT2D eigenvalue weighted by molar-refractivity contribution is 7.22. The summed E-state index contributed by atoms with van der Waals surface area (Å²) in [6.45, 7) is 5.74. The molecule has 0 fully saturated rings. The van der Waals surface area contributed by atoms with Gasteiger partial charge in [0, 0.05) is 18.0 Å². The van der Waals surface area contributed by atoms with E-state index in [0.29, 0.717) is 11.6 Å². The van der Waals surface area contributed by atoms with Gasteiger partial charge in [-0.05, 0) is 24.6 Å². The summed E-state index contributed by atoms with van der Waals surface area (Å²) in [7, 11) is 0. The van der Waals surface area contributed by atoms with Crippen LogP contribution in [0.4, 0.5) is 10.8 Å². The Morgan fingerprint density at radius 3 is 2.73 bits per heavy atom. The molecule has 1 heterocycles. The van der Waals surface area contributed by atoms with E-state index in [4.69, 9.17) is 0 Å². The van der Waals surface area contributed by atoms with Gasteiger partial charge in [0.2, 0.25) is 11.8 Å². The molecule has 1 aromatic heterocycles. The van der Waals surface area contributed by atoms with Crippen molar-refractivity contribution in [1.82, 2.24) is 4.98 Å². The number of carbonyl (C=O) groups excluding carboxylic acids is 2. The van der Waals surface area contributed by atoms with Crippen LogP contribution in [-0.4, -0.2) is 16.8 Å². The minimum Gasteiger partial charge on any atom is -0.326 e. The van der Waals surface area contributed by atoms with Crippen molar-refractivity contribution in [2.45, 2.75) is 40.0 Å². The number of hydrogen-bond acceptors (Lipinski definition) is 4. The van der Waals surface area contributed by atoms with Gasteiger partial charge in [-0.2, -0.15) is 0 Å². The standard InChI is InChI=1S/C16H21N3O2S/c1-4-5-6-14(20)17-11-7-8-13-12(9-11)18-16(22-13)19-15(21)10(2)3/h7-10H,4-6H2,1-3H3,(H,17,20)(H,18,19,21). The van der Waals surface area contributed by atoms with Crippen LogP contribution in [0.3, 0.4) is 0 Å². The highest BCUT2D eigenvalue weighted by Gasteiger charge is 2.11. The number of thiazole rings is 1. The summed E-state index contributed by atoms with van der Waals surface area (Å²) in [6, 6.07) is 5.60. The van der Waals surface area contributed by atoms with Crippen molar-refractivity contribution in [3.8, 4) is 0 Å². The zero-order valence-electron chi connectivity index (χ0n) is 13.1. The summed E-state index contributed by atoms with van der Waals surface area (Å²) < 4.78 is 0.977. The van der Waals surface area contributed by atoms with E-state index in [1.165, 1.54) is 11.3 Å². The van der Waals surface area contributed by atoms with E-state index in [2.05, 4.69) is 22.5 Å². The lowest BCUT2D eigenvalue weighted by atomic mass is 10.2. The predicted molar refractivity (Wildman–Crippen MR) is 91.2 cm³/mol. The van der Waals surface area contributed by atoms with Gasteiger partial charge in [-0.3, -0.25) is 9.59 Å². The van der Waals surface area contributed by atoms with Crippen molar-refractivity contribution in [1.29, 1.82) is 0 Å². The van der Waals surface area contributed by atoms with E-state index < -0.39 is 0 Å². The molecule has 0 saturated carbocycles. The first-order chi connectivity index (χ1) is 10.5. The molecule has 0 saturated heterocycles. The van der Waals surface area contributed by atoms with Crippen LogP contribution < -0.4 is 10.6 Å². The fraction of sp³-hybridized carbons (Fsp3) is 0.438. The Morgan fingerprint density at radius 2 is 2.05 bits per heavy atom. The monoisotopic (exact) mass is 319 g/mol. The lowest BCUT2D eigenvalue weighted by molar-refractivity contribution is -0.119. The molecule has 0 aliphatic carbocycles. The molecule has 0 radical (unpaired) electrons. The number of amides is 2. The predicted octanol–water partition coefficient (Wildman–Crippen LogP) is 4.02. The Bertz CT molecular complexity index is 679. The third kappa shape index (κ3) is 4.27. The minimum atomic E-state index is -0.0829. The fourth-order valence-corrected chi connectivity index (χ4v) is 2.72. The van der Waals surface area contributed by atoms with Crippen LogP contribution in [-0.2, 0) is 9.59 Å². The molecule has 1 aromatic carbocycles. The molecule has 0 aliphatic heterocycles. The van der Waals surface area contributed by atoms with Gasteiger partial charge in [-0.15, -0.1) is 0 Å². The van der Waals surface area contributed by atoms with E-state index in [1.54, 1.807) is 0 Å². The zero-order valence-corrected chi connectivity index (χ0v) is 13.9. The number of fused-ring (bicyclic) bond motifs is 1. The quantitative estimate of drug-likeness (QED) is 0.844. The summed E-state index contributed by atoms with van der Waals surface area (Å²) in [5.41, 5.74) is 1.51. The summed E-state index contributed by atoms with van der Waals surface area (Å²) in [4.78, 5) is 27.8. The van der Waals surface area contributed by atoms with Crippen LogP contribution in [0.25, 0.3) is 10.2 Å². The van der Waals surface area contributed by atoms with E-state index >= 15 is 0 Å². The summed E-state index contributed by atoms with van der Waals surface area (Å²) in [5.74, 6) is -0.114. The molecule has 0 unspecified atom stereocenters. The Labute approximate surface area is 134 Å². The summed E-state index contributed by atoms with van der Waals surface area (Å²) >= 11 is 1.43. The fourth-order valence-electron chi connectivity index (χ4n) is 1.87. The average molecular weight is 319 g/mol. The van der Waals surface area contributed by atoms with Gasteiger partial charge in [0.1, 0.15) is 0 Å². The Kier molecular flexibility index (Phi) is 5.49. The Morgan fingerprint density at radius 1 is 1.27 bits per heavy atom. The van der Waals surface area contributed by atoms with E-state index in [1.807, 2.05) is 32.0 Å². The molecule has 2 rings (SSSR count). The van der Waals surface area contributed by atoms with E-state index in [0.717, 1.165) is 28.7 Å². The second kappa shape index (κ2) is 7.35. The lowest BCUT2D eigenvalue weighted by Gasteiger charge is -2.04. The third-order valence-corrected chi connectivity index (χ3v) is 4.14. The molecule has 6 heteroatoms. The number of benzene rings is 1. The average Bonchev–Trinajstić information content (AvgIpc) is 2.86. The number of nitrogens with one attached hydrogen (secondary N) is 2. The molecule has 2 amide bonds. The number of carbonyl (C=O) groups is 2. The molecule has 0 atom stereocenters. The second-order valence-corrected chi connectivity index (χ2v) is 6.53. The molecule has 2 aromatic rings. The minimum absolute atomic E-state index is 0.0183. The molecule has 2 N–H and O–H groups in total. The van der Waals surface area contributed by atoms with Gasteiger partial charge in [0.25, 0.3) is 0 Å². The number of unbranched alkanes of at least 4 members (excludes halogenated alkanes) is 1. The molecule has 22 heavy (non-hydrogen) atoms. The summed E-state index contributed by atoms with van der Waals surface area (Å²) in [6.07, 6.45) is 2.41. The van der Waals surface area contributed by atoms with Crippen LogP contribution in [0.15, 0.2) is 18.2 Å². The normalized spacial score (nSPS) is 10.9. The highest BCUT2D eigenvalue weighted by Crippen LogP contribution is 2.28. The lowest BCUT2D eigenvalue weighted by Crippen LogP contribution is -2.17. The number of aromatic nitrogens is 1. The van der Waals surface area contributed by atoms with Gasteiger partial charge in [0.05, 0.1) is 10.2 Å². The second-order valence-electron chi connectivity index (χ2n) is 5.50. The van der Waals surface area contributed by atoms with Crippen molar-refractivity contribution < 1.29 is 9.59 Å². The van der Waals surface area contributed by atoms with Gasteiger partial charge in [0.15, 0.2) is 5.13 Å². The van der Waals surface area contributed by atoms with Crippen molar-refractivity contribution in [3.63, 3.8) is 0 Å². The third-order valence-electron chi connectivity index (χ3n) is 3.18. The van der Waals surface area contributed by atoms with E-state index in [9.17, 15) is 9.59 Å². The Hall–Kier alpha value is -1.95. The topological polar surface area (TPSA) is 71.1 Å². The number of rotatable bonds is 6. The molecular formula is C16H21N3O2S. The van der Waals surface area contributed by atoms with Crippen molar-refractivity contribution >= 4 is 44.2 Å². The van der Waals surface area contributed by atoms with Gasteiger partial charge in [-0.1, -0.05) is 38.5 Å². The maximum atomic E-state index is 11.7. The van der Waals surface area contributed by atoms with Crippen LogP contribution in [0, 0.1) is 5.92 Å². The first-order valence-electron chi connectivity index (χ1n) is 7.51. The first-order valence-corrected chi connectivity index (χ1v) is 8.32. The molecule has 5 nitrogen and oxygen atoms in total. The maximum absolute atomic E-state index is 11.7. The number of nitrogens with zero attached hydrogens (tertiary/aromatic N) is 1. The maximum Gasteiger partial charge on any atom is 0.228 e. The van der Waals surface area contributed by atoms with Crippen LogP contribution in [0.1, 0.15) is 40.0 Å². The molecule has 118 valence electrons. The number of hydrogen-bond donors (Lipinski definition) is 2. The van der Waals surface area contributed by atoms with Crippen molar-refractivity contribution in [2.75, 3.05) is 10.6 Å². The van der Waals surface area contributed by atoms with Gasteiger partial charge < -0.3 is 10.6 Å². The SMILES string of the molecule is CCCCC(=O)Nc1ccc2sc(NC(=O)C(C)C)nc2c1. The molecule has 0 bridgehead atoms. The Balaban J connectivity index is 2.10. The largest absolute Gasteiger partial charge is 0.326 e. The zero-order chi connectivity index (χ0) is 16.1. The summed E-state index contributed by atoms with van der Waals surface area (Å²) in [5, 5.41) is 6.26. The van der Waals surface area contributed by atoms with Crippen LogP contribution in [0.5, 0.6) is 0 Å². The van der Waals surface area contributed by atoms with Crippen LogP contribution in [0.2, 0.25) is 0 Å².